The molecule has 0 aromatic heterocycles. The summed E-state index contributed by atoms with van der Waals surface area (Å²) < 4.78 is 0. The smallest absolute Gasteiger partial charge is 0.0850 e. The van der Waals surface area contributed by atoms with Crippen molar-refractivity contribution in [1.82, 2.24) is 0 Å². The molecular weight excluding hydrogens is 128 g/mol. The number of hydrogen-bond donors (Lipinski definition) is 1. The summed E-state index contributed by atoms with van der Waals surface area (Å²) >= 11 is 0. The second-order valence-corrected chi connectivity index (χ2v) is 3.24. The molecule has 0 atom stereocenters. The highest BCUT2D eigenvalue weighted by molar-refractivity contribution is 4.70. The molecule has 0 spiro atoms. The SMILES string of the molecule is [O]CC1CCC(CO)CC1. The van der Waals surface area contributed by atoms with E-state index < -0.39 is 0 Å². The molecule has 0 aliphatic heterocycles. The molecule has 0 saturated heterocycles. The molecule has 10 heavy (non-hydrogen) atoms. The van der Waals surface area contributed by atoms with Gasteiger partial charge in [0.05, 0.1) is 6.61 Å². The minimum Gasteiger partial charge on any atom is -0.396 e. The predicted octanol–water partition coefficient (Wildman–Crippen LogP) is 1.22. The first-order valence-electron chi connectivity index (χ1n) is 4.05. The third kappa shape index (κ3) is 1.96. The van der Waals surface area contributed by atoms with Crippen molar-refractivity contribution in [3.63, 3.8) is 0 Å². The maximum atomic E-state index is 10.4. The maximum Gasteiger partial charge on any atom is 0.0850 e. The van der Waals surface area contributed by atoms with Crippen LogP contribution in [-0.4, -0.2) is 18.3 Å². The third-order valence-corrected chi connectivity index (χ3v) is 2.46. The Morgan fingerprint density at radius 1 is 1.10 bits per heavy atom. The van der Waals surface area contributed by atoms with Crippen molar-refractivity contribution < 1.29 is 10.2 Å². The summed E-state index contributed by atoms with van der Waals surface area (Å²) in [5, 5.41) is 19.2. The van der Waals surface area contributed by atoms with Crippen LogP contribution in [0, 0.1) is 11.8 Å². The Morgan fingerprint density at radius 3 is 2.00 bits per heavy atom. The van der Waals surface area contributed by atoms with Crippen molar-refractivity contribution in [2.24, 2.45) is 11.8 Å². The van der Waals surface area contributed by atoms with Crippen LogP contribution in [0.1, 0.15) is 25.7 Å². The summed E-state index contributed by atoms with van der Waals surface area (Å²) in [6, 6.07) is 0. The molecule has 0 unspecified atom stereocenters. The molecular formula is C8H15O2. The van der Waals surface area contributed by atoms with E-state index in [4.69, 9.17) is 5.11 Å². The van der Waals surface area contributed by atoms with Crippen LogP contribution < -0.4 is 0 Å². The second-order valence-electron chi connectivity index (χ2n) is 3.24. The van der Waals surface area contributed by atoms with Gasteiger partial charge in [-0.1, -0.05) is 0 Å². The molecule has 0 bridgehead atoms. The van der Waals surface area contributed by atoms with E-state index in [9.17, 15) is 5.11 Å². The van der Waals surface area contributed by atoms with Gasteiger partial charge in [-0.05, 0) is 37.5 Å². The summed E-state index contributed by atoms with van der Waals surface area (Å²) in [4.78, 5) is 0. The fourth-order valence-corrected chi connectivity index (χ4v) is 1.58. The Bertz CT molecular complexity index is 73.3. The van der Waals surface area contributed by atoms with Crippen LogP contribution in [0.15, 0.2) is 0 Å². The highest BCUT2D eigenvalue weighted by atomic mass is 16.3. The Labute approximate surface area is 61.9 Å². The van der Waals surface area contributed by atoms with Gasteiger partial charge in [-0.25, -0.2) is 5.11 Å². The Hall–Kier alpha value is -0.0800. The molecule has 0 heterocycles. The molecule has 1 radical (unpaired) electrons. The van der Waals surface area contributed by atoms with Crippen LogP contribution in [0.4, 0.5) is 0 Å². The van der Waals surface area contributed by atoms with Gasteiger partial charge in [-0.3, -0.25) is 0 Å². The molecule has 1 fully saturated rings. The molecule has 1 aliphatic carbocycles. The number of hydrogen-bond acceptors (Lipinski definition) is 1. The summed E-state index contributed by atoms with van der Waals surface area (Å²) in [5.41, 5.74) is 0. The van der Waals surface area contributed by atoms with Crippen molar-refractivity contribution in [3.05, 3.63) is 0 Å². The molecule has 1 rings (SSSR count). The van der Waals surface area contributed by atoms with Gasteiger partial charge in [-0.2, -0.15) is 0 Å². The molecule has 2 nitrogen and oxygen atoms in total. The van der Waals surface area contributed by atoms with E-state index in [1.165, 1.54) is 0 Å². The maximum absolute atomic E-state index is 10.4. The first-order valence-corrected chi connectivity index (χ1v) is 4.05. The average molecular weight is 143 g/mol. The zero-order valence-electron chi connectivity index (χ0n) is 6.25. The first kappa shape index (κ1) is 8.02. The summed E-state index contributed by atoms with van der Waals surface area (Å²) in [6.07, 6.45) is 4.19. The molecule has 1 saturated carbocycles. The van der Waals surface area contributed by atoms with E-state index in [2.05, 4.69) is 0 Å². The topological polar surface area (TPSA) is 40.1 Å². The van der Waals surface area contributed by atoms with Gasteiger partial charge in [0.25, 0.3) is 0 Å². The van der Waals surface area contributed by atoms with Gasteiger partial charge < -0.3 is 5.11 Å². The normalized spacial score (nSPS) is 34.2. The monoisotopic (exact) mass is 143 g/mol. The van der Waals surface area contributed by atoms with E-state index in [0.29, 0.717) is 18.4 Å². The molecule has 0 aromatic rings. The lowest BCUT2D eigenvalue weighted by molar-refractivity contribution is 0.0943. The number of aliphatic hydroxyl groups excluding tert-OH is 1. The highest BCUT2D eigenvalue weighted by Crippen LogP contribution is 2.27. The Balaban J connectivity index is 2.17. The van der Waals surface area contributed by atoms with Gasteiger partial charge in [0.15, 0.2) is 0 Å². The van der Waals surface area contributed by atoms with Crippen molar-refractivity contribution in [2.45, 2.75) is 25.7 Å². The van der Waals surface area contributed by atoms with Gasteiger partial charge >= 0.3 is 0 Å². The molecule has 0 aromatic carbocycles. The second kappa shape index (κ2) is 3.94. The fourth-order valence-electron chi connectivity index (χ4n) is 1.58. The van der Waals surface area contributed by atoms with E-state index in [1.807, 2.05) is 0 Å². The van der Waals surface area contributed by atoms with Gasteiger partial charge in [0.1, 0.15) is 0 Å². The van der Waals surface area contributed by atoms with Crippen molar-refractivity contribution in [3.8, 4) is 0 Å². The van der Waals surface area contributed by atoms with Crippen LogP contribution in [0.5, 0.6) is 0 Å². The van der Waals surface area contributed by atoms with Gasteiger partial charge in [0, 0.05) is 6.61 Å². The highest BCUT2D eigenvalue weighted by Gasteiger charge is 2.19. The molecule has 59 valence electrons. The lowest BCUT2D eigenvalue weighted by Crippen LogP contribution is -2.18. The van der Waals surface area contributed by atoms with Crippen LogP contribution >= 0.6 is 0 Å². The van der Waals surface area contributed by atoms with E-state index in [1.54, 1.807) is 0 Å². The summed E-state index contributed by atoms with van der Waals surface area (Å²) in [6.45, 7) is 0.393. The zero-order valence-corrected chi connectivity index (χ0v) is 6.25. The minimum absolute atomic E-state index is 0.0815. The third-order valence-electron chi connectivity index (χ3n) is 2.46. The lowest BCUT2D eigenvalue weighted by Gasteiger charge is -2.24. The van der Waals surface area contributed by atoms with Crippen LogP contribution in [0.25, 0.3) is 0 Å². The minimum atomic E-state index is 0.0815. The van der Waals surface area contributed by atoms with E-state index in [-0.39, 0.29) is 6.61 Å². The van der Waals surface area contributed by atoms with E-state index >= 15 is 0 Å². The quantitative estimate of drug-likeness (QED) is 0.620. The van der Waals surface area contributed by atoms with Crippen molar-refractivity contribution >= 4 is 0 Å². The molecule has 1 aliphatic rings. The average Bonchev–Trinajstić information content (AvgIpc) is 2.05. The molecule has 2 heteroatoms. The van der Waals surface area contributed by atoms with Crippen molar-refractivity contribution in [1.29, 1.82) is 0 Å². The van der Waals surface area contributed by atoms with Crippen LogP contribution in [-0.2, 0) is 5.11 Å². The number of aliphatic hydroxyl groups is 1. The fraction of sp³-hybridized carbons (Fsp3) is 1.00. The standard InChI is InChI=1S/C8H15O2/c9-5-7-1-2-8(6-10)4-3-7/h7-9H,1-6H2. The molecule has 0 amide bonds. The summed E-state index contributed by atoms with van der Waals surface area (Å²) in [7, 11) is 0. The summed E-state index contributed by atoms with van der Waals surface area (Å²) in [5.74, 6) is 0.894. The zero-order chi connectivity index (χ0) is 7.40. The Morgan fingerprint density at radius 2 is 1.60 bits per heavy atom. The molecule has 1 N–H and O–H groups in total. The predicted molar refractivity (Wildman–Crippen MR) is 38.1 cm³/mol. The van der Waals surface area contributed by atoms with E-state index in [0.717, 1.165) is 25.7 Å². The van der Waals surface area contributed by atoms with Crippen LogP contribution in [0.2, 0.25) is 0 Å². The lowest BCUT2D eigenvalue weighted by atomic mass is 9.83. The number of rotatable bonds is 2. The van der Waals surface area contributed by atoms with Crippen molar-refractivity contribution in [2.75, 3.05) is 13.2 Å². The largest absolute Gasteiger partial charge is 0.396 e. The van der Waals surface area contributed by atoms with Gasteiger partial charge in [0.2, 0.25) is 0 Å². The van der Waals surface area contributed by atoms with Gasteiger partial charge in [-0.15, -0.1) is 0 Å². The van der Waals surface area contributed by atoms with Crippen LogP contribution in [0.3, 0.4) is 0 Å². The first-order chi connectivity index (χ1) is 4.86. The Kier molecular flexibility index (Phi) is 3.16.